The van der Waals surface area contributed by atoms with Gasteiger partial charge in [-0.1, -0.05) is 19.1 Å². The van der Waals surface area contributed by atoms with Gasteiger partial charge < -0.3 is 4.74 Å². The number of nitriles is 1. The summed E-state index contributed by atoms with van der Waals surface area (Å²) in [7, 11) is 0. The van der Waals surface area contributed by atoms with E-state index in [0.717, 1.165) is 50.2 Å². The second-order valence-corrected chi connectivity index (χ2v) is 6.94. The Labute approximate surface area is 130 Å². The summed E-state index contributed by atoms with van der Waals surface area (Å²) in [5, 5.41) is 8.99. The molecule has 0 bridgehead atoms. The van der Waals surface area contributed by atoms with Crippen LogP contribution in [0.15, 0.2) is 12.2 Å². The fourth-order valence-electron chi connectivity index (χ4n) is 4.08. The molecule has 0 aliphatic heterocycles. The summed E-state index contributed by atoms with van der Waals surface area (Å²) < 4.78 is 5.76. The third kappa shape index (κ3) is 5.47. The smallest absolute Gasteiger partial charge is 0.0655 e. The van der Waals surface area contributed by atoms with Gasteiger partial charge in [0.1, 0.15) is 0 Å². The van der Waals surface area contributed by atoms with Crippen LogP contribution < -0.4 is 0 Å². The second-order valence-electron chi connectivity index (χ2n) is 6.94. The zero-order valence-electron chi connectivity index (χ0n) is 13.6. The molecule has 0 aromatic heterocycles. The first-order chi connectivity index (χ1) is 10.3. The summed E-state index contributed by atoms with van der Waals surface area (Å²) in [5.74, 6) is 2.97. The number of allylic oxidation sites excluding steroid dienone is 1. The molecule has 0 unspecified atom stereocenters. The molecule has 0 aromatic carbocycles. The van der Waals surface area contributed by atoms with Crippen molar-refractivity contribution in [3.05, 3.63) is 12.2 Å². The molecule has 118 valence electrons. The molecule has 0 aromatic rings. The molecule has 0 heterocycles. The minimum Gasteiger partial charge on any atom is -0.377 e. The van der Waals surface area contributed by atoms with Gasteiger partial charge in [-0.25, -0.2) is 0 Å². The van der Waals surface area contributed by atoms with Crippen molar-refractivity contribution in [3.8, 4) is 6.07 Å². The highest BCUT2D eigenvalue weighted by atomic mass is 16.5. The monoisotopic (exact) mass is 289 g/mol. The SMILES string of the molecule is CC/C=C\COCC1CCC([C@H]2CC[C@H](C#N)CC2)CC1. The lowest BCUT2D eigenvalue weighted by Crippen LogP contribution is -2.26. The van der Waals surface area contributed by atoms with Crippen molar-refractivity contribution in [2.75, 3.05) is 13.2 Å². The van der Waals surface area contributed by atoms with Crippen LogP contribution in [0.1, 0.15) is 64.7 Å². The number of hydrogen-bond donors (Lipinski definition) is 0. The maximum atomic E-state index is 8.99. The molecule has 2 fully saturated rings. The molecule has 2 aliphatic rings. The average molecular weight is 289 g/mol. The van der Waals surface area contributed by atoms with Crippen LogP contribution in [-0.2, 0) is 4.74 Å². The third-order valence-electron chi connectivity index (χ3n) is 5.48. The van der Waals surface area contributed by atoms with Crippen molar-refractivity contribution in [1.82, 2.24) is 0 Å². The normalized spacial score (nSPS) is 33.9. The molecule has 2 saturated carbocycles. The van der Waals surface area contributed by atoms with Gasteiger partial charge in [-0.15, -0.1) is 0 Å². The molecule has 2 rings (SSSR count). The van der Waals surface area contributed by atoms with E-state index in [4.69, 9.17) is 10.00 Å². The van der Waals surface area contributed by atoms with E-state index in [1.165, 1.54) is 38.5 Å². The van der Waals surface area contributed by atoms with Gasteiger partial charge in [-0.2, -0.15) is 5.26 Å². The average Bonchev–Trinajstić information content (AvgIpc) is 2.55. The molecule has 0 radical (unpaired) electrons. The molecule has 0 N–H and O–H groups in total. The molecule has 0 atom stereocenters. The quantitative estimate of drug-likeness (QED) is 0.503. The van der Waals surface area contributed by atoms with Gasteiger partial charge in [0, 0.05) is 12.5 Å². The fraction of sp³-hybridized carbons (Fsp3) is 0.842. The topological polar surface area (TPSA) is 33.0 Å². The summed E-state index contributed by atoms with van der Waals surface area (Å²) >= 11 is 0. The Balaban J connectivity index is 1.60. The number of ether oxygens (including phenoxy) is 1. The maximum absolute atomic E-state index is 8.99. The van der Waals surface area contributed by atoms with E-state index in [0.29, 0.717) is 5.92 Å². The molecule has 0 saturated heterocycles. The van der Waals surface area contributed by atoms with Crippen molar-refractivity contribution in [3.63, 3.8) is 0 Å². The second kappa shape index (κ2) is 9.26. The lowest BCUT2D eigenvalue weighted by molar-refractivity contribution is 0.0801. The third-order valence-corrected chi connectivity index (χ3v) is 5.48. The van der Waals surface area contributed by atoms with Gasteiger partial charge in [-0.3, -0.25) is 0 Å². The van der Waals surface area contributed by atoms with Crippen LogP contribution in [0.4, 0.5) is 0 Å². The Morgan fingerprint density at radius 2 is 1.57 bits per heavy atom. The van der Waals surface area contributed by atoms with Crippen LogP contribution in [0.25, 0.3) is 0 Å². The molecule has 0 spiro atoms. The molecular formula is C19H31NO. The fourth-order valence-corrected chi connectivity index (χ4v) is 4.08. The summed E-state index contributed by atoms with van der Waals surface area (Å²) in [4.78, 5) is 0. The first-order valence-corrected chi connectivity index (χ1v) is 8.95. The predicted molar refractivity (Wildman–Crippen MR) is 86.8 cm³/mol. The predicted octanol–water partition coefficient (Wildman–Crippen LogP) is 5.11. The molecule has 2 nitrogen and oxygen atoms in total. The highest BCUT2D eigenvalue weighted by Gasteiger charge is 2.30. The Morgan fingerprint density at radius 1 is 0.952 bits per heavy atom. The summed E-state index contributed by atoms with van der Waals surface area (Å²) in [6.07, 6.45) is 15.8. The Hall–Kier alpha value is -0.810. The lowest BCUT2D eigenvalue weighted by Gasteiger charge is -2.36. The van der Waals surface area contributed by atoms with Gasteiger partial charge in [0.05, 0.1) is 12.7 Å². The number of hydrogen-bond acceptors (Lipinski definition) is 2. The van der Waals surface area contributed by atoms with E-state index >= 15 is 0 Å². The first-order valence-electron chi connectivity index (χ1n) is 8.95. The van der Waals surface area contributed by atoms with E-state index in [1.54, 1.807) is 0 Å². The van der Waals surface area contributed by atoms with Crippen molar-refractivity contribution >= 4 is 0 Å². The van der Waals surface area contributed by atoms with E-state index < -0.39 is 0 Å². The van der Waals surface area contributed by atoms with Crippen LogP contribution in [0.5, 0.6) is 0 Å². The van der Waals surface area contributed by atoms with Crippen molar-refractivity contribution in [2.45, 2.75) is 64.7 Å². The highest BCUT2D eigenvalue weighted by Crippen LogP contribution is 2.41. The largest absolute Gasteiger partial charge is 0.377 e. The Bertz CT molecular complexity index is 341. The minimum atomic E-state index is 0.349. The van der Waals surface area contributed by atoms with Gasteiger partial charge in [-0.05, 0) is 75.5 Å². The zero-order chi connectivity index (χ0) is 14.9. The molecule has 21 heavy (non-hydrogen) atoms. The zero-order valence-corrected chi connectivity index (χ0v) is 13.6. The molecule has 2 heteroatoms. The van der Waals surface area contributed by atoms with Gasteiger partial charge in [0.2, 0.25) is 0 Å². The van der Waals surface area contributed by atoms with E-state index in [1.807, 2.05) is 0 Å². The van der Waals surface area contributed by atoms with Gasteiger partial charge in [0.15, 0.2) is 0 Å². The molecule has 0 amide bonds. The van der Waals surface area contributed by atoms with E-state index in [-0.39, 0.29) is 0 Å². The summed E-state index contributed by atoms with van der Waals surface area (Å²) in [6.45, 7) is 3.88. The lowest BCUT2D eigenvalue weighted by atomic mass is 9.69. The summed E-state index contributed by atoms with van der Waals surface area (Å²) in [5.41, 5.74) is 0. The number of nitrogens with zero attached hydrogens (tertiary/aromatic N) is 1. The Morgan fingerprint density at radius 3 is 2.14 bits per heavy atom. The van der Waals surface area contributed by atoms with E-state index in [2.05, 4.69) is 25.1 Å². The minimum absolute atomic E-state index is 0.349. The maximum Gasteiger partial charge on any atom is 0.0655 e. The van der Waals surface area contributed by atoms with Crippen LogP contribution >= 0.6 is 0 Å². The standard InChI is InChI=1S/C19H31NO/c1-2-3-4-13-21-15-17-7-11-19(12-8-17)18-9-5-16(14-20)6-10-18/h3-4,16-19H,2,5-13,15H2,1H3/b4-3-/t16-,17?,18-,19?. The van der Waals surface area contributed by atoms with Crippen LogP contribution in [0.2, 0.25) is 0 Å². The molecule has 2 aliphatic carbocycles. The van der Waals surface area contributed by atoms with E-state index in [9.17, 15) is 0 Å². The van der Waals surface area contributed by atoms with Gasteiger partial charge in [0.25, 0.3) is 0 Å². The van der Waals surface area contributed by atoms with Crippen LogP contribution in [0, 0.1) is 35.0 Å². The number of rotatable bonds is 6. The summed E-state index contributed by atoms with van der Waals surface area (Å²) in [6, 6.07) is 2.45. The van der Waals surface area contributed by atoms with Crippen LogP contribution in [0.3, 0.4) is 0 Å². The van der Waals surface area contributed by atoms with Crippen molar-refractivity contribution in [2.24, 2.45) is 23.7 Å². The first kappa shape index (κ1) is 16.6. The van der Waals surface area contributed by atoms with Gasteiger partial charge >= 0.3 is 0 Å². The van der Waals surface area contributed by atoms with Crippen molar-refractivity contribution in [1.29, 1.82) is 5.26 Å². The Kier molecular flexibility index (Phi) is 7.30. The van der Waals surface area contributed by atoms with Crippen LogP contribution in [-0.4, -0.2) is 13.2 Å². The molecular weight excluding hydrogens is 258 g/mol. The van der Waals surface area contributed by atoms with Crippen molar-refractivity contribution < 1.29 is 4.74 Å². The highest BCUT2D eigenvalue weighted by molar-refractivity contribution is 4.89.